The molecular weight excluding hydrogens is 376 g/mol. The molecule has 1 aliphatic carbocycles. The molecule has 1 saturated carbocycles. The van der Waals surface area contributed by atoms with Crippen LogP contribution in [0.2, 0.25) is 0 Å². The quantitative estimate of drug-likeness (QED) is 0.620. The van der Waals surface area contributed by atoms with Crippen LogP contribution >= 0.6 is 0 Å². The highest BCUT2D eigenvalue weighted by atomic mass is 16.3. The van der Waals surface area contributed by atoms with Gasteiger partial charge in [-0.1, -0.05) is 49.6 Å². The van der Waals surface area contributed by atoms with Crippen molar-refractivity contribution < 1.29 is 14.0 Å². The van der Waals surface area contributed by atoms with E-state index < -0.39 is 0 Å². The Bertz CT molecular complexity index is 822. The summed E-state index contributed by atoms with van der Waals surface area (Å²) in [6, 6.07) is 13.8. The zero-order valence-corrected chi connectivity index (χ0v) is 18.5. The minimum absolute atomic E-state index is 0.00666. The molecule has 162 valence electrons. The van der Waals surface area contributed by atoms with Crippen LogP contribution < -0.4 is 0 Å². The fraction of sp³-hybridized carbons (Fsp3) is 0.520. The molecule has 1 aromatic carbocycles. The third-order valence-electron chi connectivity index (χ3n) is 5.88. The SMILES string of the molecule is Cc1ccc(CN(Cc2ccccc2)C(=O)CN(C(=O)C2CCCCC2)C(C)C)o1. The molecule has 0 bridgehead atoms. The molecule has 2 aromatic rings. The van der Waals surface area contributed by atoms with Crippen LogP contribution in [0.4, 0.5) is 0 Å². The molecule has 0 spiro atoms. The molecule has 0 unspecified atom stereocenters. The van der Waals surface area contributed by atoms with E-state index in [1.807, 2.05) is 63.2 Å². The van der Waals surface area contributed by atoms with E-state index >= 15 is 0 Å². The zero-order valence-electron chi connectivity index (χ0n) is 18.5. The summed E-state index contributed by atoms with van der Waals surface area (Å²) in [6.45, 7) is 6.88. The van der Waals surface area contributed by atoms with Crippen LogP contribution in [0.5, 0.6) is 0 Å². The van der Waals surface area contributed by atoms with Crippen LogP contribution in [0.3, 0.4) is 0 Å². The van der Waals surface area contributed by atoms with Gasteiger partial charge in [-0.3, -0.25) is 9.59 Å². The Balaban J connectivity index is 1.74. The van der Waals surface area contributed by atoms with Gasteiger partial charge in [0.25, 0.3) is 0 Å². The van der Waals surface area contributed by atoms with Crippen molar-refractivity contribution in [1.29, 1.82) is 0 Å². The predicted octanol–water partition coefficient (Wildman–Crippen LogP) is 4.93. The Morgan fingerprint density at radius 3 is 2.30 bits per heavy atom. The van der Waals surface area contributed by atoms with E-state index in [1.165, 1.54) is 6.42 Å². The molecule has 5 nitrogen and oxygen atoms in total. The summed E-state index contributed by atoms with van der Waals surface area (Å²) in [5.41, 5.74) is 1.06. The average molecular weight is 411 g/mol. The van der Waals surface area contributed by atoms with Gasteiger partial charge in [0, 0.05) is 18.5 Å². The molecule has 5 heteroatoms. The molecule has 0 radical (unpaired) electrons. The van der Waals surface area contributed by atoms with Crippen molar-refractivity contribution >= 4 is 11.8 Å². The zero-order chi connectivity index (χ0) is 21.5. The molecule has 1 fully saturated rings. The van der Waals surface area contributed by atoms with Gasteiger partial charge in [0.2, 0.25) is 11.8 Å². The van der Waals surface area contributed by atoms with Crippen LogP contribution in [-0.4, -0.2) is 34.2 Å². The Hall–Kier alpha value is -2.56. The first-order valence-corrected chi connectivity index (χ1v) is 11.1. The molecule has 0 saturated heterocycles. The first-order valence-electron chi connectivity index (χ1n) is 11.1. The number of hydrogen-bond donors (Lipinski definition) is 0. The minimum atomic E-state index is -0.0502. The Labute approximate surface area is 180 Å². The monoisotopic (exact) mass is 410 g/mol. The number of furan rings is 1. The van der Waals surface area contributed by atoms with Crippen LogP contribution in [0, 0.1) is 12.8 Å². The summed E-state index contributed by atoms with van der Waals surface area (Å²) in [6.07, 6.45) is 5.30. The van der Waals surface area contributed by atoms with Gasteiger partial charge >= 0.3 is 0 Å². The number of carbonyl (C=O) groups excluding carboxylic acids is 2. The molecule has 2 amide bonds. The van der Waals surface area contributed by atoms with E-state index in [0.717, 1.165) is 42.8 Å². The van der Waals surface area contributed by atoms with E-state index in [9.17, 15) is 9.59 Å². The van der Waals surface area contributed by atoms with Gasteiger partial charge in [0.05, 0.1) is 6.54 Å². The highest BCUT2D eigenvalue weighted by molar-refractivity contribution is 5.86. The van der Waals surface area contributed by atoms with Gasteiger partial charge in [-0.2, -0.15) is 0 Å². The highest BCUT2D eigenvalue weighted by Crippen LogP contribution is 2.26. The summed E-state index contributed by atoms with van der Waals surface area (Å²) in [7, 11) is 0. The standard InChI is InChI=1S/C25H34N2O3/c1-19(2)27(25(29)22-12-8-5-9-13-22)18-24(28)26(16-21-10-6-4-7-11-21)17-23-15-14-20(3)30-23/h4,6-7,10-11,14-15,19,22H,5,8-9,12-13,16-18H2,1-3H3. The molecule has 1 aromatic heterocycles. The Kier molecular flexibility index (Phi) is 7.72. The number of aryl methyl sites for hydroxylation is 1. The molecule has 30 heavy (non-hydrogen) atoms. The maximum atomic E-state index is 13.4. The van der Waals surface area contributed by atoms with Crippen molar-refractivity contribution in [2.24, 2.45) is 5.92 Å². The van der Waals surface area contributed by atoms with E-state index in [0.29, 0.717) is 13.1 Å². The van der Waals surface area contributed by atoms with Gasteiger partial charge in [0.15, 0.2) is 0 Å². The second-order valence-electron chi connectivity index (χ2n) is 8.64. The van der Waals surface area contributed by atoms with Crippen molar-refractivity contribution in [3.63, 3.8) is 0 Å². The molecule has 1 aliphatic rings. The minimum Gasteiger partial charge on any atom is -0.464 e. The average Bonchev–Trinajstić information content (AvgIpc) is 3.16. The Morgan fingerprint density at radius 2 is 1.70 bits per heavy atom. The van der Waals surface area contributed by atoms with E-state index in [-0.39, 0.29) is 30.3 Å². The van der Waals surface area contributed by atoms with E-state index in [2.05, 4.69) is 0 Å². The fourth-order valence-corrected chi connectivity index (χ4v) is 4.14. The second kappa shape index (κ2) is 10.5. The van der Waals surface area contributed by atoms with Crippen molar-refractivity contribution in [3.05, 3.63) is 59.5 Å². The third kappa shape index (κ3) is 5.97. The van der Waals surface area contributed by atoms with Crippen molar-refractivity contribution in [1.82, 2.24) is 9.80 Å². The smallest absolute Gasteiger partial charge is 0.242 e. The number of amides is 2. The normalized spacial score (nSPS) is 14.7. The number of carbonyl (C=O) groups is 2. The lowest BCUT2D eigenvalue weighted by molar-refractivity contribution is -0.146. The summed E-state index contributed by atoms with van der Waals surface area (Å²) < 4.78 is 5.72. The number of benzene rings is 1. The van der Waals surface area contributed by atoms with Gasteiger partial charge < -0.3 is 14.2 Å². The molecule has 0 atom stereocenters. The fourth-order valence-electron chi connectivity index (χ4n) is 4.14. The Morgan fingerprint density at radius 1 is 1.00 bits per heavy atom. The highest BCUT2D eigenvalue weighted by Gasteiger charge is 2.30. The first-order chi connectivity index (χ1) is 14.4. The number of rotatable bonds is 8. The van der Waals surface area contributed by atoms with Gasteiger partial charge in [-0.15, -0.1) is 0 Å². The van der Waals surface area contributed by atoms with Gasteiger partial charge in [-0.05, 0) is 51.3 Å². The molecular formula is C25H34N2O3. The molecule has 0 N–H and O–H groups in total. The maximum absolute atomic E-state index is 13.4. The maximum Gasteiger partial charge on any atom is 0.242 e. The largest absolute Gasteiger partial charge is 0.464 e. The molecule has 1 heterocycles. The topological polar surface area (TPSA) is 53.8 Å². The van der Waals surface area contributed by atoms with E-state index in [4.69, 9.17) is 4.42 Å². The van der Waals surface area contributed by atoms with E-state index in [1.54, 1.807) is 9.80 Å². The lowest BCUT2D eigenvalue weighted by Crippen LogP contribution is -2.47. The summed E-state index contributed by atoms with van der Waals surface area (Å²) in [5, 5.41) is 0. The lowest BCUT2D eigenvalue weighted by atomic mass is 9.88. The molecule has 3 rings (SSSR count). The third-order valence-corrected chi connectivity index (χ3v) is 5.88. The summed E-state index contributed by atoms with van der Waals surface area (Å²) >= 11 is 0. The second-order valence-corrected chi connectivity index (χ2v) is 8.64. The number of nitrogens with zero attached hydrogens (tertiary/aromatic N) is 2. The van der Waals surface area contributed by atoms with Crippen LogP contribution in [0.25, 0.3) is 0 Å². The van der Waals surface area contributed by atoms with Crippen molar-refractivity contribution in [2.45, 2.75) is 72.0 Å². The van der Waals surface area contributed by atoms with Crippen molar-refractivity contribution in [2.75, 3.05) is 6.54 Å². The first kappa shape index (κ1) is 22.1. The summed E-state index contributed by atoms with van der Waals surface area (Å²) in [4.78, 5) is 30.1. The van der Waals surface area contributed by atoms with Gasteiger partial charge in [0.1, 0.15) is 18.1 Å². The van der Waals surface area contributed by atoms with Crippen LogP contribution in [0.1, 0.15) is 63.0 Å². The molecule has 0 aliphatic heterocycles. The van der Waals surface area contributed by atoms with Gasteiger partial charge in [-0.25, -0.2) is 0 Å². The van der Waals surface area contributed by atoms with Crippen LogP contribution in [-0.2, 0) is 22.7 Å². The van der Waals surface area contributed by atoms with Crippen LogP contribution in [0.15, 0.2) is 46.9 Å². The summed E-state index contributed by atoms with van der Waals surface area (Å²) in [5.74, 6) is 1.72. The van der Waals surface area contributed by atoms with Crippen molar-refractivity contribution in [3.8, 4) is 0 Å². The predicted molar refractivity (Wildman–Crippen MR) is 118 cm³/mol. The lowest BCUT2D eigenvalue weighted by Gasteiger charge is -2.33. The number of hydrogen-bond acceptors (Lipinski definition) is 3.